The van der Waals surface area contributed by atoms with E-state index in [-0.39, 0.29) is 30.4 Å². The molecule has 2 saturated carbocycles. The Balaban J connectivity index is 1.11. The second kappa shape index (κ2) is 12.1. The number of nitrogens with zero attached hydrogens (tertiary/aromatic N) is 1. The van der Waals surface area contributed by atoms with Gasteiger partial charge in [-0.3, -0.25) is 0 Å². The van der Waals surface area contributed by atoms with Crippen molar-refractivity contribution in [1.82, 2.24) is 4.90 Å². The Morgan fingerprint density at radius 2 is 1.68 bits per heavy atom. The van der Waals surface area contributed by atoms with Gasteiger partial charge < -0.3 is 23.8 Å². The number of rotatable bonds is 6. The Morgan fingerprint density at radius 1 is 0.875 bits per heavy atom. The maximum absolute atomic E-state index is 13.3. The van der Waals surface area contributed by atoms with Gasteiger partial charge in [-0.2, -0.15) is 0 Å². The predicted molar refractivity (Wildman–Crippen MR) is 150 cm³/mol. The minimum atomic E-state index is -0.648. The molecule has 0 spiro atoms. The minimum Gasteiger partial charge on any atom is -0.457 e. The molecule has 0 radical (unpaired) electrons. The second-order valence-corrected chi connectivity index (χ2v) is 12.0. The monoisotopic (exact) mass is 547 g/mol. The van der Waals surface area contributed by atoms with Crippen LogP contribution in [-0.4, -0.2) is 42.6 Å². The van der Waals surface area contributed by atoms with E-state index in [1.54, 1.807) is 0 Å². The van der Waals surface area contributed by atoms with Crippen LogP contribution >= 0.6 is 0 Å². The highest BCUT2D eigenvalue weighted by molar-refractivity contribution is 5.69. The predicted octanol–water partition coefficient (Wildman–Crippen LogP) is 7.29. The summed E-state index contributed by atoms with van der Waals surface area (Å²) in [6.07, 6.45) is 11.9. The first kappa shape index (κ1) is 27.0. The SMILES string of the molecule is O=C(OCOc1ccc2c(c1)[C@@]13CCCC[C@H]1[C@@H](C2)N(C(=O)OCc1ccccc1)CC3)OC1CCCCCC1. The lowest BCUT2D eigenvalue weighted by Gasteiger charge is -2.58. The second-order valence-electron chi connectivity index (χ2n) is 12.0. The molecule has 7 heteroatoms. The Morgan fingerprint density at radius 3 is 2.50 bits per heavy atom. The number of carbonyl (C=O) groups is 2. The summed E-state index contributed by atoms with van der Waals surface area (Å²) in [5.74, 6) is 1.12. The Kier molecular flexibility index (Phi) is 8.17. The molecule has 1 amide bonds. The van der Waals surface area contributed by atoms with Crippen LogP contribution in [0.25, 0.3) is 0 Å². The lowest BCUT2D eigenvalue weighted by atomic mass is 9.52. The van der Waals surface area contributed by atoms with Gasteiger partial charge in [0, 0.05) is 18.0 Å². The number of benzene rings is 2. The number of fused-ring (bicyclic) bond motifs is 1. The smallest absolute Gasteiger partial charge is 0.457 e. The Hall–Kier alpha value is -3.22. The lowest BCUT2D eigenvalue weighted by molar-refractivity contribution is -0.0197. The van der Waals surface area contributed by atoms with Crippen molar-refractivity contribution in [1.29, 1.82) is 0 Å². The summed E-state index contributed by atoms with van der Waals surface area (Å²) in [6.45, 7) is 0.839. The van der Waals surface area contributed by atoms with E-state index in [9.17, 15) is 9.59 Å². The number of carbonyl (C=O) groups excluding carboxylic acids is 2. The first-order valence-electron chi connectivity index (χ1n) is 15.2. The van der Waals surface area contributed by atoms with E-state index in [1.165, 1.54) is 36.8 Å². The van der Waals surface area contributed by atoms with Crippen LogP contribution in [0.2, 0.25) is 0 Å². The molecule has 4 aliphatic rings. The first-order chi connectivity index (χ1) is 19.6. The third-order valence-corrected chi connectivity index (χ3v) is 9.72. The summed E-state index contributed by atoms with van der Waals surface area (Å²) in [4.78, 5) is 27.5. The zero-order chi connectivity index (χ0) is 27.4. The minimum absolute atomic E-state index is 0.0458. The van der Waals surface area contributed by atoms with Gasteiger partial charge in [0.15, 0.2) is 0 Å². The van der Waals surface area contributed by atoms with Crippen LogP contribution in [0.4, 0.5) is 9.59 Å². The Labute approximate surface area is 237 Å². The highest BCUT2D eigenvalue weighted by Crippen LogP contribution is 2.56. The summed E-state index contributed by atoms with van der Waals surface area (Å²) in [7, 11) is 0. The van der Waals surface area contributed by atoms with Gasteiger partial charge in [-0.1, -0.05) is 62.1 Å². The lowest BCUT2D eigenvalue weighted by Crippen LogP contribution is -2.62. The molecule has 0 unspecified atom stereocenters. The molecule has 2 aromatic carbocycles. The fourth-order valence-corrected chi connectivity index (χ4v) is 7.78. The van der Waals surface area contributed by atoms with Gasteiger partial charge in [-0.25, -0.2) is 9.59 Å². The van der Waals surface area contributed by atoms with Gasteiger partial charge in [-0.15, -0.1) is 0 Å². The van der Waals surface area contributed by atoms with Crippen LogP contribution in [0.1, 0.15) is 87.3 Å². The molecule has 40 heavy (non-hydrogen) atoms. The third kappa shape index (κ3) is 5.65. The van der Waals surface area contributed by atoms with Crippen LogP contribution in [-0.2, 0) is 32.7 Å². The van der Waals surface area contributed by atoms with E-state index in [1.807, 2.05) is 41.3 Å². The van der Waals surface area contributed by atoms with E-state index in [0.717, 1.165) is 56.9 Å². The molecule has 1 heterocycles. The summed E-state index contributed by atoms with van der Waals surface area (Å²) in [6, 6.07) is 16.3. The van der Waals surface area contributed by atoms with E-state index < -0.39 is 6.16 Å². The number of hydrogen-bond acceptors (Lipinski definition) is 6. The maximum atomic E-state index is 13.3. The summed E-state index contributed by atoms with van der Waals surface area (Å²) in [5.41, 5.74) is 3.68. The Bertz CT molecular complexity index is 1180. The van der Waals surface area contributed by atoms with Gasteiger partial charge >= 0.3 is 12.2 Å². The fourth-order valence-electron chi connectivity index (χ4n) is 7.78. The molecule has 214 valence electrons. The van der Waals surface area contributed by atoms with E-state index >= 15 is 0 Å². The van der Waals surface area contributed by atoms with Crippen molar-refractivity contribution in [2.45, 2.75) is 101 Å². The third-order valence-electron chi connectivity index (χ3n) is 9.72. The average Bonchev–Trinajstić information content (AvgIpc) is 3.25. The average molecular weight is 548 g/mol. The summed E-state index contributed by atoms with van der Waals surface area (Å²) < 4.78 is 22.5. The number of hydrogen-bond donors (Lipinski definition) is 0. The van der Waals surface area contributed by atoms with Gasteiger partial charge in [-0.05, 0) is 86.1 Å². The zero-order valence-corrected chi connectivity index (χ0v) is 23.4. The molecule has 3 fully saturated rings. The summed E-state index contributed by atoms with van der Waals surface area (Å²) in [5, 5.41) is 0. The van der Waals surface area contributed by atoms with Crippen LogP contribution in [0.5, 0.6) is 5.75 Å². The van der Waals surface area contributed by atoms with Gasteiger partial charge in [0.25, 0.3) is 0 Å². The van der Waals surface area contributed by atoms with Crippen LogP contribution in [0, 0.1) is 5.92 Å². The molecular formula is C33H41NO6. The van der Waals surface area contributed by atoms with Crippen molar-refractivity contribution in [3.05, 3.63) is 65.2 Å². The number of piperidine rings is 1. The van der Waals surface area contributed by atoms with Crippen molar-refractivity contribution >= 4 is 12.2 Å². The molecular weight excluding hydrogens is 506 g/mol. The van der Waals surface area contributed by atoms with Gasteiger partial charge in [0.2, 0.25) is 6.79 Å². The molecule has 6 rings (SSSR count). The fraction of sp³-hybridized carbons (Fsp3) is 0.576. The van der Waals surface area contributed by atoms with E-state index in [4.69, 9.17) is 18.9 Å². The van der Waals surface area contributed by atoms with Crippen molar-refractivity contribution in [2.75, 3.05) is 13.3 Å². The van der Waals surface area contributed by atoms with Crippen molar-refractivity contribution in [2.24, 2.45) is 5.92 Å². The highest BCUT2D eigenvalue weighted by Gasteiger charge is 2.55. The van der Waals surface area contributed by atoms with Crippen LogP contribution in [0.15, 0.2) is 48.5 Å². The van der Waals surface area contributed by atoms with Crippen molar-refractivity contribution in [3.8, 4) is 5.75 Å². The highest BCUT2D eigenvalue weighted by atomic mass is 16.8. The quantitative estimate of drug-likeness (QED) is 0.215. The van der Waals surface area contributed by atoms with Crippen LogP contribution in [0.3, 0.4) is 0 Å². The number of ether oxygens (including phenoxy) is 4. The van der Waals surface area contributed by atoms with Crippen molar-refractivity contribution in [3.63, 3.8) is 0 Å². The molecule has 2 aromatic rings. The molecule has 3 aliphatic carbocycles. The molecule has 2 bridgehead atoms. The standard InChI is InChI=1S/C33H41NO6/c35-31(37-22-24-10-4-3-5-11-24)34-19-18-33-17-9-8-14-28(33)30(34)20-25-15-16-27(21-29(25)33)38-23-39-32(36)40-26-12-6-1-2-7-13-26/h3-5,10-11,15-16,21,26,28,30H,1-2,6-9,12-14,17-20,22-23H2/t28-,30+,33+/m0/s1. The molecule has 1 saturated heterocycles. The molecule has 0 N–H and O–H groups in total. The normalized spacial score (nSPS) is 26.1. The van der Waals surface area contributed by atoms with Crippen LogP contribution < -0.4 is 4.74 Å². The van der Waals surface area contributed by atoms with E-state index in [0.29, 0.717) is 24.8 Å². The molecule has 1 aliphatic heterocycles. The maximum Gasteiger partial charge on any atom is 0.511 e. The van der Waals surface area contributed by atoms with Crippen molar-refractivity contribution < 1.29 is 28.5 Å². The topological polar surface area (TPSA) is 74.3 Å². The molecule has 7 nitrogen and oxygen atoms in total. The first-order valence-corrected chi connectivity index (χ1v) is 15.2. The van der Waals surface area contributed by atoms with Gasteiger partial charge in [0.1, 0.15) is 18.5 Å². The largest absolute Gasteiger partial charge is 0.511 e. The van der Waals surface area contributed by atoms with E-state index in [2.05, 4.69) is 12.1 Å². The molecule has 3 atom stereocenters. The summed E-state index contributed by atoms with van der Waals surface area (Å²) >= 11 is 0. The number of amides is 1. The number of likely N-dealkylation sites (tertiary alicyclic amines) is 1. The molecule has 0 aromatic heterocycles. The van der Waals surface area contributed by atoms with Gasteiger partial charge in [0.05, 0.1) is 0 Å². The zero-order valence-electron chi connectivity index (χ0n) is 23.4.